The van der Waals surface area contributed by atoms with Crippen LogP contribution in [0.25, 0.3) is 0 Å². The molecule has 0 aliphatic rings. The summed E-state index contributed by atoms with van der Waals surface area (Å²) in [7, 11) is 0. The Kier molecular flexibility index (Phi) is 3.64. The lowest BCUT2D eigenvalue weighted by Gasteiger charge is -2.17. The van der Waals surface area contributed by atoms with Crippen LogP contribution in [0.3, 0.4) is 0 Å². The second-order valence-electron chi connectivity index (χ2n) is 4.39. The van der Waals surface area contributed by atoms with Gasteiger partial charge in [-0.25, -0.2) is 4.98 Å². The number of aromatic amines is 1. The Balaban J connectivity index is 1.75. The fourth-order valence-corrected chi connectivity index (χ4v) is 2.81. The first-order valence-electron chi connectivity index (χ1n) is 6.27. The Morgan fingerprint density at radius 3 is 2.95 bits per heavy atom. The summed E-state index contributed by atoms with van der Waals surface area (Å²) in [5.41, 5.74) is 1.14. The van der Waals surface area contributed by atoms with E-state index in [0.29, 0.717) is 12.4 Å². The van der Waals surface area contributed by atoms with Crippen molar-refractivity contribution in [3.8, 4) is 0 Å². The maximum absolute atomic E-state index is 12.1. The fraction of sp³-hybridized carbons (Fsp3) is 0.143. The van der Waals surface area contributed by atoms with E-state index in [1.165, 1.54) is 0 Å². The van der Waals surface area contributed by atoms with E-state index >= 15 is 0 Å². The van der Waals surface area contributed by atoms with E-state index in [1.807, 2.05) is 34.5 Å². The molecular weight excluding hydrogens is 272 g/mol. The molecule has 6 heteroatoms. The Bertz CT molecular complexity index is 609. The molecule has 3 aromatic heterocycles. The monoisotopic (exact) mass is 286 g/mol. The van der Waals surface area contributed by atoms with Crippen molar-refractivity contribution >= 4 is 23.2 Å². The third-order valence-corrected chi connectivity index (χ3v) is 3.75. The van der Waals surface area contributed by atoms with Crippen molar-refractivity contribution in [3.05, 3.63) is 59.3 Å². The van der Waals surface area contributed by atoms with Gasteiger partial charge in [0.15, 0.2) is 0 Å². The smallest absolute Gasteiger partial charge is 0.229 e. The average Bonchev–Trinajstić information content (AvgIpc) is 3.18. The Hall–Kier alpha value is -2.34. The first-order chi connectivity index (χ1) is 9.83. The number of hydrogen-bond donors (Lipinski definition) is 2. The van der Waals surface area contributed by atoms with E-state index in [1.54, 1.807) is 23.7 Å². The zero-order chi connectivity index (χ0) is 13.8. The van der Waals surface area contributed by atoms with Gasteiger partial charge in [-0.2, -0.15) is 11.3 Å². The van der Waals surface area contributed by atoms with Crippen LogP contribution in [0.2, 0.25) is 0 Å². The summed E-state index contributed by atoms with van der Waals surface area (Å²) in [5.74, 6) is 0.413. The highest BCUT2D eigenvalue weighted by molar-refractivity contribution is 7.07. The van der Waals surface area contributed by atoms with Gasteiger partial charge in [-0.15, -0.1) is 0 Å². The highest BCUT2D eigenvalue weighted by Crippen LogP contribution is 2.24. The number of nitrogens with zero attached hydrogens (tertiary/aromatic N) is 2. The van der Waals surface area contributed by atoms with Gasteiger partial charge in [0.25, 0.3) is 0 Å². The lowest BCUT2D eigenvalue weighted by molar-refractivity contribution is -0.116. The van der Waals surface area contributed by atoms with E-state index in [2.05, 4.69) is 26.7 Å². The quantitative estimate of drug-likeness (QED) is 0.757. The molecule has 0 radical (unpaired) electrons. The van der Waals surface area contributed by atoms with Gasteiger partial charge in [0.1, 0.15) is 0 Å². The molecule has 0 unspecified atom stereocenters. The minimum absolute atomic E-state index is 0.00575. The molecule has 3 aromatic rings. The molecule has 2 N–H and O–H groups in total. The van der Waals surface area contributed by atoms with Crippen molar-refractivity contribution in [2.75, 3.05) is 5.32 Å². The molecule has 102 valence electrons. The number of imidazole rings is 1. The topological polar surface area (TPSA) is 62.7 Å². The summed E-state index contributed by atoms with van der Waals surface area (Å²) in [6, 6.07) is 5.98. The van der Waals surface area contributed by atoms with E-state index in [0.717, 1.165) is 5.56 Å². The summed E-state index contributed by atoms with van der Waals surface area (Å²) < 4.78 is 2.05. The van der Waals surface area contributed by atoms with Crippen LogP contribution in [0.5, 0.6) is 0 Å². The van der Waals surface area contributed by atoms with Gasteiger partial charge in [0, 0.05) is 24.8 Å². The molecule has 0 spiro atoms. The zero-order valence-corrected chi connectivity index (χ0v) is 11.5. The second-order valence-corrected chi connectivity index (χ2v) is 5.17. The molecule has 20 heavy (non-hydrogen) atoms. The maximum Gasteiger partial charge on any atom is 0.229 e. The summed E-state index contributed by atoms with van der Waals surface area (Å²) in [4.78, 5) is 19.0. The zero-order valence-electron chi connectivity index (χ0n) is 10.7. The van der Waals surface area contributed by atoms with Crippen LogP contribution in [-0.2, 0) is 4.79 Å². The standard InChI is InChI=1S/C14H14N4OS/c19-13(17-14-15-4-5-16-14)9-12(11-3-8-20-10-11)18-6-1-2-7-18/h1-8,10,12H,9H2,(H2,15,16,17,19)/t12-/m0/s1. The van der Waals surface area contributed by atoms with E-state index in [9.17, 15) is 4.79 Å². The minimum Gasteiger partial charge on any atom is -0.346 e. The van der Waals surface area contributed by atoms with Crippen molar-refractivity contribution in [3.63, 3.8) is 0 Å². The first-order valence-corrected chi connectivity index (χ1v) is 7.21. The summed E-state index contributed by atoms with van der Waals surface area (Å²) >= 11 is 1.63. The van der Waals surface area contributed by atoms with Crippen LogP contribution in [0.15, 0.2) is 53.7 Å². The van der Waals surface area contributed by atoms with Crippen molar-refractivity contribution in [1.82, 2.24) is 14.5 Å². The van der Waals surface area contributed by atoms with E-state index in [-0.39, 0.29) is 11.9 Å². The molecule has 5 nitrogen and oxygen atoms in total. The number of hydrogen-bond acceptors (Lipinski definition) is 3. The average molecular weight is 286 g/mol. The number of aromatic nitrogens is 3. The summed E-state index contributed by atoms with van der Waals surface area (Å²) in [6.07, 6.45) is 7.60. The van der Waals surface area contributed by atoms with Crippen LogP contribution < -0.4 is 5.32 Å². The molecule has 0 saturated heterocycles. The van der Waals surface area contributed by atoms with Gasteiger partial charge in [-0.05, 0) is 34.5 Å². The number of thiophene rings is 1. The normalized spacial score (nSPS) is 12.2. The van der Waals surface area contributed by atoms with Gasteiger partial charge >= 0.3 is 0 Å². The third kappa shape index (κ3) is 2.80. The molecule has 1 amide bonds. The molecule has 0 aromatic carbocycles. The first kappa shape index (κ1) is 12.7. The minimum atomic E-state index is -0.0650. The number of rotatable bonds is 5. The summed E-state index contributed by atoms with van der Waals surface area (Å²) in [5, 5.41) is 6.86. The molecule has 0 fully saturated rings. The molecule has 1 atom stereocenters. The number of carbonyl (C=O) groups is 1. The second kappa shape index (κ2) is 5.75. The molecule has 0 bridgehead atoms. The maximum atomic E-state index is 12.1. The third-order valence-electron chi connectivity index (χ3n) is 3.05. The molecule has 0 aliphatic carbocycles. The van der Waals surface area contributed by atoms with Crippen molar-refractivity contribution < 1.29 is 4.79 Å². The Labute approximate surface area is 120 Å². The lowest BCUT2D eigenvalue weighted by atomic mass is 10.1. The van der Waals surface area contributed by atoms with Gasteiger partial charge in [0.05, 0.1) is 12.5 Å². The Morgan fingerprint density at radius 1 is 1.45 bits per heavy atom. The SMILES string of the molecule is O=C(C[C@@H](c1ccsc1)n1cccc1)Nc1ncc[nH]1. The van der Waals surface area contributed by atoms with Gasteiger partial charge in [-0.3, -0.25) is 10.1 Å². The van der Waals surface area contributed by atoms with Crippen LogP contribution in [-0.4, -0.2) is 20.4 Å². The highest BCUT2D eigenvalue weighted by atomic mass is 32.1. The number of nitrogens with one attached hydrogen (secondary N) is 2. The number of H-pyrrole nitrogens is 1. The van der Waals surface area contributed by atoms with Crippen LogP contribution in [0.4, 0.5) is 5.95 Å². The van der Waals surface area contributed by atoms with Crippen molar-refractivity contribution in [2.45, 2.75) is 12.5 Å². The van der Waals surface area contributed by atoms with Gasteiger partial charge in [-0.1, -0.05) is 0 Å². The highest BCUT2D eigenvalue weighted by Gasteiger charge is 2.18. The largest absolute Gasteiger partial charge is 0.346 e. The Morgan fingerprint density at radius 2 is 2.30 bits per heavy atom. The molecule has 0 aliphatic heterocycles. The molecule has 3 heterocycles. The van der Waals surface area contributed by atoms with Crippen molar-refractivity contribution in [1.29, 1.82) is 0 Å². The lowest BCUT2D eigenvalue weighted by Crippen LogP contribution is -2.19. The predicted molar refractivity (Wildman–Crippen MR) is 78.7 cm³/mol. The summed E-state index contributed by atoms with van der Waals surface area (Å²) in [6.45, 7) is 0. The van der Waals surface area contributed by atoms with Crippen LogP contribution >= 0.6 is 11.3 Å². The molecule has 3 rings (SSSR count). The predicted octanol–water partition coefficient (Wildman–Crippen LogP) is 2.89. The van der Waals surface area contributed by atoms with Gasteiger partial charge in [0.2, 0.25) is 11.9 Å². The number of amides is 1. The van der Waals surface area contributed by atoms with E-state index < -0.39 is 0 Å². The number of carbonyl (C=O) groups excluding carboxylic acids is 1. The van der Waals surface area contributed by atoms with Crippen molar-refractivity contribution in [2.24, 2.45) is 0 Å². The fourth-order valence-electron chi connectivity index (χ4n) is 2.11. The van der Waals surface area contributed by atoms with Crippen LogP contribution in [0, 0.1) is 0 Å². The van der Waals surface area contributed by atoms with Crippen LogP contribution in [0.1, 0.15) is 18.0 Å². The molecule has 0 saturated carbocycles. The molecular formula is C14H14N4OS. The van der Waals surface area contributed by atoms with E-state index in [4.69, 9.17) is 0 Å². The van der Waals surface area contributed by atoms with Gasteiger partial charge < -0.3 is 9.55 Å². The number of anilines is 1.